The van der Waals surface area contributed by atoms with E-state index in [-0.39, 0.29) is 36.8 Å². The molecule has 13 heteroatoms. The van der Waals surface area contributed by atoms with Gasteiger partial charge in [0.2, 0.25) is 5.91 Å². The summed E-state index contributed by atoms with van der Waals surface area (Å²) in [5.74, 6) is -1.32. The largest absolute Gasteiger partial charge is 0.457 e. The summed E-state index contributed by atoms with van der Waals surface area (Å²) in [4.78, 5) is 46.6. The number of hydrogen-bond donors (Lipinski definition) is 1. The number of aliphatic hydroxyl groups excluding tert-OH is 1. The van der Waals surface area contributed by atoms with Gasteiger partial charge in [0.05, 0.1) is 12.5 Å². The van der Waals surface area contributed by atoms with Crippen LogP contribution in [0.2, 0.25) is 0 Å². The maximum absolute atomic E-state index is 15.0. The fraction of sp³-hybridized carbons (Fsp3) is 0.568. The van der Waals surface area contributed by atoms with E-state index in [0.717, 1.165) is 13.1 Å². The molecule has 2 amide bonds. The minimum Gasteiger partial charge on any atom is -0.457 e. The van der Waals surface area contributed by atoms with Crippen LogP contribution < -0.4 is 4.90 Å². The van der Waals surface area contributed by atoms with Crippen molar-refractivity contribution in [3.63, 3.8) is 0 Å². The van der Waals surface area contributed by atoms with Gasteiger partial charge in [0.25, 0.3) is 0 Å². The van der Waals surface area contributed by atoms with E-state index in [0.29, 0.717) is 68.9 Å². The highest BCUT2D eigenvalue weighted by atomic mass is 19.1. The molecule has 0 saturated carbocycles. The molecule has 12 nitrogen and oxygen atoms in total. The van der Waals surface area contributed by atoms with Crippen molar-refractivity contribution in [2.45, 2.75) is 64.9 Å². The summed E-state index contributed by atoms with van der Waals surface area (Å²) in [6, 6.07) is 6.60. The van der Waals surface area contributed by atoms with Crippen LogP contribution in [0.5, 0.6) is 0 Å². The van der Waals surface area contributed by atoms with Gasteiger partial charge in [-0.15, -0.1) is 0 Å². The number of cyclic esters (lactones) is 1. The van der Waals surface area contributed by atoms with Crippen molar-refractivity contribution in [3.8, 4) is 0 Å². The fourth-order valence-electron chi connectivity index (χ4n) is 6.68. The highest BCUT2D eigenvalue weighted by Gasteiger charge is 2.29. The molecule has 3 aliphatic heterocycles. The van der Waals surface area contributed by atoms with Gasteiger partial charge in [0, 0.05) is 76.4 Å². The highest BCUT2D eigenvalue weighted by Crippen LogP contribution is 2.28. The Kier molecular flexibility index (Phi) is 12.7. The average molecular weight is 695 g/mol. The Labute approximate surface area is 294 Å². The number of amides is 2. The molecule has 2 aromatic rings. The number of anilines is 1. The number of ether oxygens (including phenoxy) is 2. The van der Waals surface area contributed by atoms with Crippen LogP contribution in [0.25, 0.3) is 6.08 Å². The summed E-state index contributed by atoms with van der Waals surface area (Å²) in [6.45, 7) is 10.8. The third-order valence-electron chi connectivity index (χ3n) is 9.86. The van der Waals surface area contributed by atoms with Gasteiger partial charge >= 0.3 is 12.1 Å². The molecule has 5 rings (SSSR count). The molecule has 1 N–H and O–H groups in total. The summed E-state index contributed by atoms with van der Waals surface area (Å²) >= 11 is 0. The summed E-state index contributed by atoms with van der Waals surface area (Å²) in [7, 11) is 2.03. The average Bonchev–Trinajstić information content (AvgIpc) is 3.60. The van der Waals surface area contributed by atoms with Crippen LogP contribution in [0.4, 0.5) is 14.9 Å². The highest BCUT2D eigenvalue weighted by molar-refractivity contribution is 5.76. The number of aromatic nitrogens is 2. The van der Waals surface area contributed by atoms with Crippen LogP contribution in [0.3, 0.4) is 0 Å². The zero-order chi connectivity index (χ0) is 35.8. The van der Waals surface area contributed by atoms with Crippen LogP contribution in [0.15, 0.2) is 54.4 Å². The van der Waals surface area contributed by atoms with Crippen molar-refractivity contribution in [2.75, 3.05) is 64.3 Å². The Balaban J connectivity index is 1.30. The topological polar surface area (TPSA) is 121 Å². The molecular formula is C37H51FN6O6. The van der Waals surface area contributed by atoms with Crippen LogP contribution in [0.1, 0.15) is 45.6 Å². The lowest BCUT2D eigenvalue weighted by Gasteiger charge is -2.36. The van der Waals surface area contributed by atoms with Gasteiger partial charge in [0.1, 0.15) is 24.6 Å². The molecule has 0 aliphatic carbocycles. The van der Waals surface area contributed by atoms with Crippen LogP contribution in [0, 0.1) is 17.7 Å². The van der Waals surface area contributed by atoms with E-state index in [1.54, 1.807) is 32.9 Å². The normalized spacial score (nSPS) is 26.8. The Bertz CT molecular complexity index is 1520. The zero-order valence-corrected chi connectivity index (χ0v) is 29.6. The second-order valence-corrected chi connectivity index (χ2v) is 13.9. The number of nitrogens with zero attached hydrogens (tertiary/aromatic N) is 6. The number of piperazine rings is 2. The maximum atomic E-state index is 15.0. The standard InChI is InChI=1S/C37H51FN6O6/c1-26-6-8-32(45)24-35(47)50-36(27(2)7-9-33(26)49-37(48)43-14-12-40(4)13-15-43)28(3)20-29-21-30(38)23-31(22-29)41-16-18-42(19-17-41)34(46)25-44-11-5-10-39-44/h5,7,9-11,20-23,26-27,32-33,36,45H,6,8,12-19,24-25H2,1-4H3/b9-7+,28-20+/t26-,27-,32+,33+,36-/m0/s1. The first-order valence-corrected chi connectivity index (χ1v) is 17.6. The van der Waals surface area contributed by atoms with Gasteiger partial charge in [-0.1, -0.05) is 26.0 Å². The molecular weight excluding hydrogens is 643 g/mol. The number of hydrogen-bond acceptors (Lipinski definition) is 9. The van der Waals surface area contributed by atoms with E-state index in [2.05, 4.69) is 14.9 Å². The number of rotatable bonds is 6. The molecule has 0 radical (unpaired) electrons. The summed E-state index contributed by atoms with van der Waals surface area (Å²) in [5.41, 5.74) is 2.02. The summed E-state index contributed by atoms with van der Waals surface area (Å²) in [6.07, 6.45) is 7.28. The third-order valence-corrected chi connectivity index (χ3v) is 9.86. The Morgan fingerprint density at radius 2 is 1.74 bits per heavy atom. The number of carbonyl (C=O) groups is 3. The molecule has 0 bridgehead atoms. The summed E-state index contributed by atoms with van der Waals surface area (Å²) < 4.78 is 28.6. The maximum Gasteiger partial charge on any atom is 0.410 e. The monoisotopic (exact) mass is 694 g/mol. The molecule has 3 aliphatic rings. The molecule has 50 heavy (non-hydrogen) atoms. The summed E-state index contributed by atoms with van der Waals surface area (Å²) in [5, 5.41) is 14.8. The number of esters is 1. The first-order valence-electron chi connectivity index (χ1n) is 17.6. The van der Waals surface area contributed by atoms with Crippen molar-refractivity contribution in [3.05, 3.63) is 65.8 Å². The van der Waals surface area contributed by atoms with Gasteiger partial charge in [-0.25, -0.2) is 9.18 Å². The van der Waals surface area contributed by atoms with E-state index >= 15 is 4.39 Å². The molecule has 2 fully saturated rings. The predicted octanol–water partition coefficient (Wildman–Crippen LogP) is 3.81. The first kappa shape index (κ1) is 37.0. The molecule has 0 spiro atoms. The second-order valence-electron chi connectivity index (χ2n) is 13.9. The fourth-order valence-corrected chi connectivity index (χ4v) is 6.68. The number of halogens is 1. The van der Waals surface area contributed by atoms with Gasteiger partial charge < -0.3 is 34.2 Å². The molecule has 2 saturated heterocycles. The van der Waals surface area contributed by atoms with Gasteiger partial charge in [0.15, 0.2) is 0 Å². The van der Waals surface area contributed by atoms with Crippen molar-refractivity contribution < 1.29 is 33.4 Å². The van der Waals surface area contributed by atoms with E-state index in [4.69, 9.17) is 9.47 Å². The molecule has 272 valence electrons. The molecule has 1 aromatic carbocycles. The quantitative estimate of drug-likeness (QED) is 0.356. The van der Waals surface area contributed by atoms with Crippen LogP contribution >= 0.6 is 0 Å². The Morgan fingerprint density at radius 1 is 1.02 bits per heavy atom. The van der Waals surface area contributed by atoms with Crippen LogP contribution in [-0.2, 0) is 25.6 Å². The van der Waals surface area contributed by atoms with Crippen molar-refractivity contribution in [1.82, 2.24) is 24.5 Å². The lowest BCUT2D eigenvalue weighted by Crippen LogP contribution is -2.49. The molecule has 5 atom stereocenters. The van der Waals surface area contributed by atoms with Gasteiger partial charge in [-0.05, 0) is 74.2 Å². The smallest absolute Gasteiger partial charge is 0.410 e. The van der Waals surface area contributed by atoms with Crippen molar-refractivity contribution in [1.29, 1.82) is 0 Å². The number of aliphatic hydroxyl groups is 1. The molecule has 4 heterocycles. The Morgan fingerprint density at radius 3 is 2.44 bits per heavy atom. The van der Waals surface area contributed by atoms with Crippen molar-refractivity contribution in [2.24, 2.45) is 11.8 Å². The van der Waals surface area contributed by atoms with E-state index in [9.17, 15) is 19.5 Å². The molecule has 0 unspecified atom stereocenters. The number of likely N-dealkylation sites (N-methyl/N-ethyl adjacent to an activating group) is 1. The minimum absolute atomic E-state index is 0.0110. The van der Waals surface area contributed by atoms with E-state index < -0.39 is 30.1 Å². The second kappa shape index (κ2) is 17.1. The number of carbonyl (C=O) groups excluding carboxylic acids is 3. The Hall–Kier alpha value is -4.23. The zero-order valence-electron chi connectivity index (χ0n) is 29.6. The van der Waals surface area contributed by atoms with Crippen LogP contribution in [-0.4, -0.2) is 125 Å². The first-order chi connectivity index (χ1) is 23.9. The lowest BCUT2D eigenvalue weighted by molar-refractivity contribution is -0.151. The lowest BCUT2D eigenvalue weighted by atomic mass is 9.91. The predicted molar refractivity (Wildman–Crippen MR) is 188 cm³/mol. The van der Waals surface area contributed by atoms with Crippen molar-refractivity contribution >= 4 is 29.7 Å². The third kappa shape index (κ3) is 10.2. The van der Waals surface area contributed by atoms with E-state index in [1.807, 2.05) is 52.1 Å². The number of benzene rings is 1. The van der Waals surface area contributed by atoms with E-state index in [1.165, 1.54) is 12.1 Å². The molecule has 1 aromatic heterocycles. The van der Waals surface area contributed by atoms with Gasteiger partial charge in [-0.3, -0.25) is 14.3 Å². The minimum atomic E-state index is -0.894. The van der Waals surface area contributed by atoms with Gasteiger partial charge in [-0.2, -0.15) is 5.10 Å². The SMILES string of the molecule is C/C(=C\c1cc(F)cc(N2CCN(C(=O)Cn3cccn3)CC2)c1)[C@H]1OC(=O)C[C@H](O)CC[C@H](C)[C@H](OC(=O)N2CCN(C)CC2)/C=C/[C@@H]1C.